The number of hydrogen-bond acceptors (Lipinski definition) is 3. The summed E-state index contributed by atoms with van der Waals surface area (Å²) in [6.07, 6.45) is 1.60. The number of carbonyl (C=O) groups is 1. The topological polar surface area (TPSA) is 32.3 Å². The van der Waals surface area contributed by atoms with Crippen molar-refractivity contribution in [1.82, 2.24) is 10.2 Å². The predicted molar refractivity (Wildman–Crippen MR) is 76.7 cm³/mol. The second kappa shape index (κ2) is 6.81. The van der Waals surface area contributed by atoms with Gasteiger partial charge >= 0.3 is 0 Å². The Morgan fingerprint density at radius 2 is 2.11 bits per heavy atom. The lowest BCUT2D eigenvalue weighted by atomic mass is 10.2. The molecule has 1 aliphatic heterocycles. The van der Waals surface area contributed by atoms with Crippen LogP contribution in [-0.4, -0.2) is 35.7 Å². The minimum atomic E-state index is 0.231. The number of rotatable bonds is 6. The van der Waals surface area contributed by atoms with Crippen LogP contribution in [0.5, 0.6) is 0 Å². The van der Waals surface area contributed by atoms with Gasteiger partial charge in [-0.05, 0) is 18.5 Å². The van der Waals surface area contributed by atoms with Gasteiger partial charge in [0.25, 0.3) is 0 Å². The fourth-order valence-electron chi connectivity index (χ4n) is 2.19. The van der Waals surface area contributed by atoms with Crippen LogP contribution in [0.4, 0.5) is 0 Å². The van der Waals surface area contributed by atoms with E-state index in [-0.39, 0.29) is 11.2 Å². The molecule has 98 valence electrons. The Bertz CT molecular complexity index is 383. The van der Waals surface area contributed by atoms with Crippen molar-refractivity contribution in [2.45, 2.75) is 24.6 Å². The number of carbonyl (C=O) groups excluding carboxylic acids is 1. The fraction of sp³-hybridized carbons (Fsp3) is 0.500. The maximum atomic E-state index is 11.5. The molecule has 0 aromatic heterocycles. The molecule has 3 nitrogen and oxygen atoms in total. The number of benzene rings is 1. The summed E-state index contributed by atoms with van der Waals surface area (Å²) in [5, 5.41) is 3.63. The van der Waals surface area contributed by atoms with Crippen molar-refractivity contribution >= 4 is 18.5 Å². The Labute approximate surface area is 114 Å². The first-order chi connectivity index (χ1) is 8.75. The minimum Gasteiger partial charge on any atom is -0.342 e. The zero-order valence-corrected chi connectivity index (χ0v) is 11.4. The summed E-state index contributed by atoms with van der Waals surface area (Å²) < 4.78 is 0. The van der Waals surface area contributed by atoms with E-state index < -0.39 is 0 Å². The third-order valence-corrected chi connectivity index (χ3v) is 3.49. The molecule has 2 rings (SSSR count). The van der Waals surface area contributed by atoms with Crippen LogP contribution in [-0.2, 0) is 11.3 Å². The summed E-state index contributed by atoms with van der Waals surface area (Å²) in [4.78, 5) is 13.4. The molecule has 1 heterocycles. The molecule has 1 saturated heterocycles. The number of hydrogen-bond donors (Lipinski definition) is 2. The first-order valence-corrected chi connectivity index (χ1v) is 6.98. The Morgan fingerprint density at radius 1 is 1.33 bits per heavy atom. The second-order valence-corrected chi connectivity index (χ2v) is 5.44. The molecule has 1 atom stereocenters. The zero-order chi connectivity index (χ0) is 12.8. The molecule has 1 aliphatic rings. The van der Waals surface area contributed by atoms with E-state index in [0.29, 0.717) is 6.42 Å². The fourth-order valence-corrected chi connectivity index (χ4v) is 2.54. The van der Waals surface area contributed by atoms with Crippen LogP contribution in [0.1, 0.15) is 18.4 Å². The first-order valence-electron chi connectivity index (χ1n) is 6.46. The highest BCUT2D eigenvalue weighted by molar-refractivity contribution is 7.81. The van der Waals surface area contributed by atoms with Gasteiger partial charge in [-0.3, -0.25) is 4.79 Å². The summed E-state index contributed by atoms with van der Waals surface area (Å²) in [6.45, 7) is 3.48. The highest BCUT2D eigenvalue weighted by Gasteiger charge is 2.26. The molecular weight excluding hydrogens is 244 g/mol. The summed E-state index contributed by atoms with van der Waals surface area (Å²) in [5.74, 6) is 0.248. The SMILES string of the molecule is O=C1CC(S)CN1CCCNCc1ccccc1. The molecule has 1 N–H and O–H groups in total. The molecule has 0 spiro atoms. The third kappa shape index (κ3) is 4.03. The van der Waals surface area contributed by atoms with Crippen LogP contribution >= 0.6 is 12.6 Å². The van der Waals surface area contributed by atoms with Crippen molar-refractivity contribution in [2.75, 3.05) is 19.6 Å². The molecule has 0 radical (unpaired) electrons. The van der Waals surface area contributed by atoms with Crippen molar-refractivity contribution in [3.63, 3.8) is 0 Å². The van der Waals surface area contributed by atoms with Crippen molar-refractivity contribution in [3.8, 4) is 0 Å². The molecule has 0 aliphatic carbocycles. The van der Waals surface area contributed by atoms with E-state index in [0.717, 1.165) is 32.6 Å². The highest BCUT2D eigenvalue weighted by atomic mass is 32.1. The molecule has 1 aromatic rings. The Kier molecular flexibility index (Phi) is 5.08. The van der Waals surface area contributed by atoms with Crippen LogP contribution in [0, 0.1) is 0 Å². The van der Waals surface area contributed by atoms with Crippen LogP contribution < -0.4 is 5.32 Å². The molecule has 0 bridgehead atoms. The summed E-state index contributed by atoms with van der Waals surface area (Å²) in [7, 11) is 0. The predicted octanol–water partition coefficient (Wildman–Crippen LogP) is 1.70. The van der Waals surface area contributed by atoms with E-state index >= 15 is 0 Å². The third-order valence-electron chi connectivity index (χ3n) is 3.15. The van der Waals surface area contributed by atoms with E-state index in [9.17, 15) is 4.79 Å². The van der Waals surface area contributed by atoms with Gasteiger partial charge in [-0.1, -0.05) is 30.3 Å². The van der Waals surface area contributed by atoms with Crippen molar-refractivity contribution in [2.24, 2.45) is 0 Å². The summed E-state index contributed by atoms with van der Waals surface area (Å²) >= 11 is 4.34. The average molecular weight is 264 g/mol. The molecule has 0 saturated carbocycles. The largest absolute Gasteiger partial charge is 0.342 e. The molecule has 1 aromatic carbocycles. The molecule has 4 heteroatoms. The lowest BCUT2D eigenvalue weighted by Crippen LogP contribution is -2.28. The lowest BCUT2D eigenvalue weighted by Gasteiger charge is -2.15. The van der Waals surface area contributed by atoms with Crippen LogP contribution in [0.15, 0.2) is 30.3 Å². The standard InChI is InChI=1S/C14H20N2OS/c17-14-9-13(18)11-16(14)8-4-7-15-10-12-5-2-1-3-6-12/h1-3,5-6,13,15,18H,4,7-11H2. The number of nitrogens with one attached hydrogen (secondary N) is 1. The van der Waals surface area contributed by atoms with Crippen LogP contribution in [0.25, 0.3) is 0 Å². The lowest BCUT2D eigenvalue weighted by molar-refractivity contribution is -0.127. The van der Waals surface area contributed by atoms with Gasteiger partial charge in [-0.2, -0.15) is 12.6 Å². The minimum absolute atomic E-state index is 0.231. The molecule has 18 heavy (non-hydrogen) atoms. The Hall–Kier alpha value is -1.00. The first kappa shape index (κ1) is 13.4. The van der Waals surface area contributed by atoms with E-state index in [2.05, 4.69) is 30.1 Å². The van der Waals surface area contributed by atoms with Gasteiger partial charge in [0.2, 0.25) is 5.91 Å². The normalized spacial score (nSPS) is 19.5. The van der Waals surface area contributed by atoms with Gasteiger partial charge in [0.15, 0.2) is 0 Å². The van der Waals surface area contributed by atoms with Gasteiger partial charge < -0.3 is 10.2 Å². The van der Waals surface area contributed by atoms with E-state index in [1.807, 2.05) is 23.1 Å². The van der Waals surface area contributed by atoms with E-state index in [1.54, 1.807) is 0 Å². The summed E-state index contributed by atoms with van der Waals surface area (Å²) in [5.41, 5.74) is 1.30. The van der Waals surface area contributed by atoms with Gasteiger partial charge in [0, 0.05) is 31.3 Å². The smallest absolute Gasteiger partial charge is 0.223 e. The van der Waals surface area contributed by atoms with Crippen molar-refractivity contribution < 1.29 is 4.79 Å². The van der Waals surface area contributed by atoms with E-state index in [4.69, 9.17) is 0 Å². The molecule has 1 unspecified atom stereocenters. The number of likely N-dealkylation sites (tertiary alicyclic amines) is 1. The van der Waals surface area contributed by atoms with Crippen molar-refractivity contribution in [3.05, 3.63) is 35.9 Å². The van der Waals surface area contributed by atoms with Crippen LogP contribution in [0.3, 0.4) is 0 Å². The van der Waals surface area contributed by atoms with Gasteiger partial charge in [-0.15, -0.1) is 0 Å². The molecule has 1 amide bonds. The summed E-state index contributed by atoms with van der Waals surface area (Å²) in [6, 6.07) is 10.3. The monoisotopic (exact) mass is 264 g/mol. The van der Waals surface area contributed by atoms with Gasteiger partial charge in [0.05, 0.1) is 0 Å². The van der Waals surface area contributed by atoms with Gasteiger partial charge in [0.1, 0.15) is 0 Å². The number of thiol groups is 1. The van der Waals surface area contributed by atoms with Gasteiger partial charge in [-0.25, -0.2) is 0 Å². The average Bonchev–Trinajstić information content (AvgIpc) is 2.69. The molecular formula is C14H20N2OS. The number of nitrogens with zero attached hydrogens (tertiary/aromatic N) is 1. The van der Waals surface area contributed by atoms with E-state index in [1.165, 1.54) is 5.56 Å². The zero-order valence-electron chi connectivity index (χ0n) is 10.5. The number of amides is 1. The van der Waals surface area contributed by atoms with Crippen LogP contribution in [0.2, 0.25) is 0 Å². The Morgan fingerprint density at radius 3 is 2.78 bits per heavy atom. The maximum Gasteiger partial charge on any atom is 0.223 e. The van der Waals surface area contributed by atoms with Crippen molar-refractivity contribution in [1.29, 1.82) is 0 Å². The quantitative estimate of drug-likeness (QED) is 0.605. The maximum absolute atomic E-state index is 11.5. The highest BCUT2D eigenvalue weighted by Crippen LogP contribution is 2.15. The Balaban J connectivity index is 1.58. The molecule has 1 fully saturated rings. The second-order valence-electron chi connectivity index (χ2n) is 4.71.